The third-order valence-corrected chi connectivity index (χ3v) is 5.12. The third kappa shape index (κ3) is 3.46. The number of urea groups is 1. The molecule has 1 saturated heterocycles. The van der Waals surface area contributed by atoms with Gasteiger partial charge in [0, 0.05) is 30.1 Å². The number of nitrogens with two attached hydrogens (primary N) is 1. The van der Waals surface area contributed by atoms with E-state index in [1.807, 2.05) is 0 Å². The minimum atomic E-state index is -0.302. The number of halogens is 1. The van der Waals surface area contributed by atoms with Crippen LogP contribution in [-0.2, 0) is 0 Å². The van der Waals surface area contributed by atoms with E-state index in [1.165, 1.54) is 4.88 Å². The average Bonchev–Trinajstić information content (AvgIpc) is 2.76. The van der Waals surface area contributed by atoms with Gasteiger partial charge in [-0.05, 0) is 47.8 Å². The molecule has 0 saturated carbocycles. The van der Waals surface area contributed by atoms with Gasteiger partial charge < -0.3 is 16.0 Å². The van der Waals surface area contributed by atoms with Gasteiger partial charge in [-0.15, -0.1) is 11.3 Å². The zero-order valence-electron chi connectivity index (χ0n) is 10.4. The van der Waals surface area contributed by atoms with Crippen molar-refractivity contribution in [2.24, 2.45) is 5.73 Å². The van der Waals surface area contributed by atoms with Crippen LogP contribution in [0.3, 0.4) is 0 Å². The smallest absolute Gasteiger partial charge is 0.314 e. The molecule has 0 radical (unpaired) electrons. The maximum absolute atomic E-state index is 11.0. The highest BCUT2D eigenvalue weighted by Crippen LogP contribution is 2.28. The Morgan fingerprint density at radius 1 is 1.56 bits per heavy atom. The zero-order chi connectivity index (χ0) is 13.1. The van der Waals surface area contributed by atoms with Crippen LogP contribution < -0.4 is 11.1 Å². The highest BCUT2D eigenvalue weighted by atomic mass is 79.9. The molecule has 0 aliphatic carbocycles. The lowest BCUT2D eigenvalue weighted by atomic mass is 10.0. The summed E-state index contributed by atoms with van der Waals surface area (Å²) in [5.41, 5.74) is 5.27. The van der Waals surface area contributed by atoms with Crippen LogP contribution in [0.25, 0.3) is 0 Å². The van der Waals surface area contributed by atoms with Gasteiger partial charge >= 0.3 is 6.03 Å². The first kappa shape index (κ1) is 13.8. The van der Waals surface area contributed by atoms with E-state index in [0.29, 0.717) is 12.1 Å². The first-order chi connectivity index (χ1) is 8.56. The van der Waals surface area contributed by atoms with Gasteiger partial charge in [0.05, 0.1) is 3.79 Å². The second-order valence-electron chi connectivity index (χ2n) is 4.63. The number of likely N-dealkylation sites (tertiary alicyclic amines) is 1. The second kappa shape index (κ2) is 6.04. The van der Waals surface area contributed by atoms with Crippen LogP contribution in [0.4, 0.5) is 4.79 Å². The Morgan fingerprint density at radius 3 is 2.72 bits per heavy atom. The van der Waals surface area contributed by atoms with Crippen molar-refractivity contribution in [2.45, 2.75) is 31.8 Å². The molecule has 1 aromatic rings. The maximum atomic E-state index is 11.0. The Hall–Kier alpha value is -0.590. The number of hydrogen-bond donors (Lipinski definition) is 2. The molecule has 18 heavy (non-hydrogen) atoms. The summed E-state index contributed by atoms with van der Waals surface area (Å²) < 4.78 is 1.16. The van der Waals surface area contributed by atoms with Gasteiger partial charge in [0.1, 0.15) is 0 Å². The second-order valence-corrected chi connectivity index (χ2v) is 7.12. The molecule has 0 unspecified atom stereocenters. The number of thiophene rings is 1. The summed E-state index contributed by atoms with van der Waals surface area (Å²) in [6.45, 7) is 3.69. The van der Waals surface area contributed by atoms with Gasteiger partial charge in [-0.2, -0.15) is 0 Å². The molecule has 2 amide bonds. The number of nitrogens with one attached hydrogen (secondary N) is 1. The summed E-state index contributed by atoms with van der Waals surface area (Å²) in [4.78, 5) is 14.1. The van der Waals surface area contributed by atoms with Crippen molar-refractivity contribution < 1.29 is 4.79 Å². The van der Waals surface area contributed by atoms with Crippen molar-refractivity contribution in [2.75, 3.05) is 13.1 Å². The van der Waals surface area contributed by atoms with Crippen molar-refractivity contribution in [3.05, 3.63) is 20.8 Å². The standard InChI is InChI=1S/C12H18BrN3OS/c1-8(10-2-3-11(13)18-10)15-9-4-6-16(7-5-9)12(14)17/h2-3,8-9,15H,4-7H2,1H3,(H2,14,17)/t8-/m0/s1. The molecule has 0 spiro atoms. The van der Waals surface area contributed by atoms with Crippen molar-refractivity contribution >= 4 is 33.3 Å². The summed E-state index contributed by atoms with van der Waals surface area (Å²) in [6.07, 6.45) is 1.94. The van der Waals surface area contributed by atoms with E-state index >= 15 is 0 Å². The number of nitrogens with zero attached hydrogens (tertiary/aromatic N) is 1. The summed E-state index contributed by atoms with van der Waals surface area (Å²) >= 11 is 5.24. The van der Waals surface area contributed by atoms with Crippen LogP contribution in [0.1, 0.15) is 30.7 Å². The molecule has 4 nitrogen and oxygen atoms in total. The number of hydrogen-bond acceptors (Lipinski definition) is 3. The summed E-state index contributed by atoms with van der Waals surface area (Å²) in [5.74, 6) is 0. The van der Waals surface area contributed by atoms with Crippen LogP contribution in [0.5, 0.6) is 0 Å². The largest absolute Gasteiger partial charge is 0.351 e. The minimum absolute atomic E-state index is 0.302. The number of carbonyl (C=O) groups excluding carboxylic acids is 1. The van der Waals surface area contributed by atoms with Crippen LogP contribution in [-0.4, -0.2) is 30.1 Å². The van der Waals surface area contributed by atoms with Crippen LogP contribution in [0.2, 0.25) is 0 Å². The van der Waals surface area contributed by atoms with E-state index in [4.69, 9.17) is 5.73 Å². The third-order valence-electron chi connectivity index (χ3n) is 3.31. The van der Waals surface area contributed by atoms with Crippen LogP contribution >= 0.6 is 27.3 Å². The van der Waals surface area contributed by atoms with E-state index in [0.717, 1.165) is 29.7 Å². The molecule has 1 atom stereocenters. The maximum Gasteiger partial charge on any atom is 0.314 e. The van der Waals surface area contributed by atoms with E-state index in [9.17, 15) is 4.79 Å². The molecule has 1 aliphatic rings. The molecule has 2 heterocycles. The van der Waals surface area contributed by atoms with Gasteiger partial charge in [-0.25, -0.2) is 4.79 Å². The first-order valence-electron chi connectivity index (χ1n) is 6.12. The van der Waals surface area contributed by atoms with Crippen molar-refractivity contribution in [3.63, 3.8) is 0 Å². The van der Waals surface area contributed by atoms with Crippen LogP contribution in [0.15, 0.2) is 15.9 Å². The monoisotopic (exact) mass is 331 g/mol. The predicted octanol–water partition coefficient (Wildman–Crippen LogP) is 2.70. The fraction of sp³-hybridized carbons (Fsp3) is 0.583. The molecule has 3 N–H and O–H groups in total. The van der Waals surface area contributed by atoms with Gasteiger partial charge in [0.2, 0.25) is 0 Å². The Kier molecular flexibility index (Phi) is 4.64. The summed E-state index contributed by atoms with van der Waals surface area (Å²) in [7, 11) is 0. The molecule has 0 bridgehead atoms. The quantitative estimate of drug-likeness (QED) is 0.894. The molecular formula is C12H18BrN3OS. The lowest BCUT2D eigenvalue weighted by molar-refractivity contribution is 0.183. The first-order valence-corrected chi connectivity index (χ1v) is 7.73. The number of amides is 2. The zero-order valence-corrected chi connectivity index (χ0v) is 12.8. The topological polar surface area (TPSA) is 58.4 Å². The number of rotatable bonds is 3. The summed E-state index contributed by atoms with van der Waals surface area (Å²) in [6, 6.07) is 4.74. The highest BCUT2D eigenvalue weighted by molar-refractivity contribution is 9.11. The number of primary amides is 1. The lowest BCUT2D eigenvalue weighted by Gasteiger charge is -2.32. The fourth-order valence-corrected chi connectivity index (χ4v) is 3.70. The average molecular weight is 332 g/mol. The molecular weight excluding hydrogens is 314 g/mol. The highest BCUT2D eigenvalue weighted by Gasteiger charge is 2.22. The predicted molar refractivity (Wildman–Crippen MR) is 77.7 cm³/mol. The molecule has 6 heteroatoms. The molecule has 1 fully saturated rings. The van der Waals surface area contributed by atoms with Gasteiger partial charge in [-0.1, -0.05) is 0 Å². The normalized spacial score (nSPS) is 18.9. The Morgan fingerprint density at radius 2 is 2.22 bits per heavy atom. The number of piperidine rings is 1. The van der Waals surface area contributed by atoms with Gasteiger partial charge in [0.25, 0.3) is 0 Å². The Labute approximate surface area is 120 Å². The fourth-order valence-electron chi connectivity index (χ4n) is 2.26. The van der Waals surface area contributed by atoms with Crippen molar-refractivity contribution in [1.29, 1.82) is 0 Å². The van der Waals surface area contributed by atoms with E-state index in [2.05, 4.69) is 40.3 Å². The number of carbonyl (C=O) groups is 1. The summed E-state index contributed by atoms with van der Waals surface area (Å²) in [5, 5.41) is 3.62. The molecule has 0 aromatic carbocycles. The Bertz CT molecular complexity index is 415. The van der Waals surface area contributed by atoms with E-state index < -0.39 is 0 Å². The molecule has 1 aromatic heterocycles. The molecule has 1 aliphatic heterocycles. The van der Waals surface area contributed by atoms with Gasteiger partial charge in [0.15, 0.2) is 0 Å². The van der Waals surface area contributed by atoms with Crippen LogP contribution in [0, 0.1) is 0 Å². The Balaban J connectivity index is 1.83. The van der Waals surface area contributed by atoms with E-state index in [-0.39, 0.29) is 6.03 Å². The lowest BCUT2D eigenvalue weighted by Crippen LogP contribution is -2.47. The SMILES string of the molecule is C[C@H](NC1CCN(C(N)=O)CC1)c1ccc(Br)s1. The molecule has 100 valence electrons. The van der Waals surface area contributed by atoms with Gasteiger partial charge in [-0.3, -0.25) is 0 Å². The van der Waals surface area contributed by atoms with Crippen molar-refractivity contribution in [3.8, 4) is 0 Å². The minimum Gasteiger partial charge on any atom is -0.351 e. The van der Waals surface area contributed by atoms with Crippen molar-refractivity contribution in [1.82, 2.24) is 10.2 Å². The molecule has 2 rings (SSSR count). The van der Waals surface area contributed by atoms with E-state index in [1.54, 1.807) is 16.2 Å².